The van der Waals surface area contributed by atoms with Crippen molar-refractivity contribution in [2.45, 2.75) is 45.8 Å². The molecule has 0 fully saturated rings. The average Bonchev–Trinajstić information content (AvgIpc) is 2.24. The summed E-state index contributed by atoms with van der Waals surface area (Å²) < 4.78 is 6.17. The number of pyridine rings is 1. The smallest absolute Gasteiger partial charge is 0.408 e. The molecule has 6 heteroatoms. The van der Waals surface area contributed by atoms with Gasteiger partial charge in [0.05, 0.1) is 5.54 Å². The number of carbonyl (C=O) groups excluding carboxylic acids is 1. The minimum Gasteiger partial charge on any atom is -0.444 e. The summed E-state index contributed by atoms with van der Waals surface area (Å²) in [4.78, 5) is 16.0. The molecule has 0 aliphatic heterocycles. The fraction of sp³-hybridized carbons (Fsp3) is 0.571. The second-order valence-corrected chi connectivity index (χ2v) is 7.14. The van der Waals surface area contributed by atoms with Gasteiger partial charge < -0.3 is 15.4 Å². The Bertz CT molecular complexity index is 452. The molecule has 0 saturated carbocycles. The summed E-state index contributed by atoms with van der Waals surface area (Å²) in [6.45, 7) is 9.89. The van der Waals surface area contributed by atoms with Crippen LogP contribution in [0.1, 0.15) is 34.6 Å². The Hall–Kier alpha value is -1.30. The summed E-state index contributed by atoms with van der Waals surface area (Å²) in [5.74, 6) is 0.757. The molecular formula is C14H22BrN3O2. The van der Waals surface area contributed by atoms with Crippen molar-refractivity contribution in [2.24, 2.45) is 0 Å². The normalized spacial score (nSPS) is 11.9. The fourth-order valence-electron chi connectivity index (χ4n) is 1.42. The predicted octanol–water partition coefficient (Wildman–Crippen LogP) is 3.56. The first-order valence-electron chi connectivity index (χ1n) is 6.44. The molecule has 1 amide bonds. The monoisotopic (exact) mass is 343 g/mol. The maximum Gasteiger partial charge on any atom is 0.408 e. The highest BCUT2D eigenvalue weighted by Gasteiger charge is 2.24. The SMILES string of the molecule is CC(C)(CNc1ccc(Br)cn1)NC(=O)OC(C)(C)C. The minimum atomic E-state index is -0.499. The van der Waals surface area contributed by atoms with Gasteiger partial charge in [-0.25, -0.2) is 9.78 Å². The number of carbonyl (C=O) groups is 1. The summed E-state index contributed by atoms with van der Waals surface area (Å²) in [6.07, 6.45) is 1.30. The molecule has 0 radical (unpaired) electrons. The van der Waals surface area contributed by atoms with Crippen LogP contribution in [-0.4, -0.2) is 28.8 Å². The minimum absolute atomic E-state index is 0.423. The highest BCUT2D eigenvalue weighted by Crippen LogP contribution is 2.13. The molecule has 2 N–H and O–H groups in total. The van der Waals surface area contributed by atoms with Crippen LogP contribution in [0.4, 0.5) is 10.6 Å². The molecule has 112 valence electrons. The summed E-state index contributed by atoms with van der Waals surface area (Å²) in [7, 11) is 0. The van der Waals surface area contributed by atoms with E-state index in [1.165, 1.54) is 0 Å². The molecule has 1 aromatic rings. The maximum atomic E-state index is 11.7. The summed E-state index contributed by atoms with van der Waals surface area (Å²) >= 11 is 3.33. The van der Waals surface area contributed by atoms with Crippen molar-refractivity contribution < 1.29 is 9.53 Å². The van der Waals surface area contributed by atoms with Crippen LogP contribution in [0.2, 0.25) is 0 Å². The Morgan fingerprint density at radius 1 is 1.30 bits per heavy atom. The molecule has 0 aromatic carbocycles. The maximum absolute atomic E-state index is 11.7. The lowest BCUT2D eigenvalue weighted by atomic mass is 10.1. The zero-order chi connectivity index (χ0) is 15.4. The number of alkyl carbamates (subject to hydrolysis) is 1. The Kier molecular flexibility index (Phi) is 5.39. The summed E-state index contributed by atoms with van der Waals surface area (Å²) in [5, 5.41) is 6.01. The summed E-state index contributed by atoms with van der Waals surface area (Å²) in [5.41, 5.74) is -0.946. The quantitative estimate of drug-likeness (QED) is 0.877. The molecule has 0 bridgehead atoms. The molecule has 0 aliphatic rings. The number of hydrogen-bond acceptors (Lipinski definition) is 4. The van der Waals surface area contributed by atoms with Crippen LogP contribution in [0.15, 0.2) is 22.8 Å². The van der Waals surface area contributed by atoms with Crippen molar-refractivity contribution in [2.75, 3.05) is 11.9 Å². The topological polar surface area (TPSA) is 63.2 Å². The van der Waals surface area contributed by atoms with E-state index in [-0.39, 0.29) is 0 Å². The van der Waals surface area contributed by atoms with Crippen LogP contribution in [0.25, 0.3) is 0 Å². The van der Waals surface area contributed by atoms with Crippen LogP contribution >= 0.6 is 15.9 Å². The second-order valence-electron chi connectivity index (χ2n) is 6.23. The highest BCUT2D eigenvalue weighted by atomic mass is 79.9. The number of nitrogens with one attached hydrogen (secondary N) is 2. The van der Waals surface area contributed by atoms with Crippen molar-refractivity contribution in [1.82, 2.24) is 10.3 Å². The van der Waals surface area contributed by atoms with E-state index >= 15 is 0 Å². The van der Waals surface area contributed by atoms with E-state index in [1.54, 1.807) is 6.20 Å². The Morgan fingerprint density at radius 2 is 1.95 bits per heavy atom. The van der Waals surface area contributed by atoms with Crippen LogP contribution in [-0.2, 0) is 4.74 Å². The number of anilines is 1. The first-order valence-corrected chi connectivity index (χ1v) is 7.23. The molecule has 20 heavy (non-hydrogen) atoms. The van der Waals surface area contributed by atoms with Crippen molar-refractivity contribution in [3.63, 3.8) is 0 Å². The lowest BCUT2D eigenvalue weighted by Crippen LogP contribution is -2.50. The number of aromatic nitrogens is 1. The van der Waals surface area contributed by atoms with Gasteiger partial charge >= 0.3 is 6.09 Å². The number of rotatable bonds is 4. The lowest BCUT2D eigenvalue weighted by molar-refractivity contribution is 0.0478. The van der Waals surface area contributed by atoms with E-state index in [9.17, 15) is 4.79 Å². The molecule has 0 unspecified atom stereocenters. The number of ether oxygens (including phenoxy) is 1. The van der Waals surface area contributed by atoms with Crippen LogP contribution < -0.4 is 10.6 Å². The highest BCUT2D eigenvalue weighted by molar-refractivity contribution is 9.10. The van der Waals surface area contributed by atoms with E-state index in [2.05, 4.69) is 31.5 Å². The van der Waals surface area contributed by atoms with Crippen molar-refractivity contribution in [3.8, 4) is 0 Å². The number of amides is 1. The van der Waals surface area contributed by atoms with Crippen molar-refractivity contribution in [1.29, 1.82) is 0 Å². The zero-order valence-electron chi connectivity index (χ0n) is 12.6. The molecule has 1 aromatic heterocycles. The third-order valence-electron chi connectivity index (χ3n) is 2.28. The predicted molar refractivity (Wildman–Crippen MR) is 83.9 cm³/mol. The second kappa shape index (κ2) is 6.43. The molecule has 0 aliphatic carbocycles. The van der Waals surface area contributed by atoms with E-state index in [4.69, 9.17) is 4.74 Å². The van der Waals surface area contributed by atoms with Crippen molar-refractivity contribution in [3.05, 3.63) is 22.8 Å². The first-order chi connectivity index (χ1) is 9.07. The zero-order valence-corrected chi connectivity index (χ0v) is 14.2. The number of halogens is 1. The third kappa shape index (κ3) is 6.75. The van der Waals surface area contributed by atoms with Crippen LogP contribution in [0.5, 0.6) is 0 Å². The third-order valence-corrected chi connectivity index (χ3v) is 2.75. The molecule has 0 spiro atoms. The molecule has 5 nitrogen and oxygen atoms in total. The first kappa shape index (κ1) is 16.8. The number of nitrogens with zero attached hydrogens (tertiary/aromatic N) is 1. The van der Waals surface area contributed by atoms with Gasteiger partial charge in [-0.15, -0.1) is 0 Å². The Labute approximate surface area is 128 Å². The lowest BCUT2D eigenvalue weighted by Gasteiger charge is -2.29. The van der Waals surface area contributed by atoms with Gasteiger partial charge in [0.2, 0.25) is 0 Å². The van der Waals surface area contributed by atoms with E-state index in [1.807, 2.05) is 46.8 Å². The molecule has 1 rings (SSSR count). The van der Waals surface area contributed by atoms with Gasteiger partial charge in [-0.3, -0.25) is 0 Å². The van der Waals surface area contributed by atoms with Crippen LogP contribution in [0, 0.1) is 0 Å². The van der Waals surface area contributed by atoms with E-state index in [0.29, 0.717) is 6.54 Å². The average molecular weight is 344 g/mol. The fourth-order valence-corrected chi connectivity index (χ4v) is 1.65. The van der Waals surface area contributed by atoms with Gasteiger partial charge in [0, 0.05) is 17.2 Å². The molecular weight excluding hydrogens is 322 g/mol. The van der Waals surface area contributed by atoms with Gasteiger partial charge in [-0.1, -0.05) is 0 Å². The van der Waals surface area contributed by atoms with Gasteiger partial charge in [-0.05, 0) is 62.7 Å². The molecule has 1 heterocycles. The van der Waals surface area contributed by atoms with Gasteiger partial charge in [-0.2, -0.15) is 0 Å². The largest absolute Gasteiger partial charge is 0.444 e. The molecule has 0 atom stereocenters. The van der Waals surface area contributed by atoms with E-state index < -0.39 is 17.2 Å². The Balaban J connectivity index is 2.48. The number of hydrogen-bond donors (Lipinski definition) is 2. The molecule has 0 saturated heterocycles. The summed E-state index contributed by atoms with van der Waals surface area (Å²) in [6, 6.07) is 3.78. The van der Waals surface area contributed by atoms with Gasteiger partial charge in [0.1, 0.15) is 11.4 Å². The van der Waals surface area contributed by atoms with Gasteiger partial charge in [0.15, 0.2) is 0 Å². The van der Waals surface area contributed by atoms with E-state index in [0.717, 1.165) is 10.3 Å². The van der Waals surface area contributed by atoms with Crippen LogP contribution in [0.3, 0.4) is 0 Å². The standard InChI is InChI=1S/C14H22BrN3O2/c1-13(2,3)20-12(19)18-14(4,5)9-17-11-7-6-10(15)8-16-11/h6-8H,9H2,1-5H3,(H,16,17)(H,18,19). The van der Waals surface area contributed by atoms with Crippen molar-refractivity contribution >= 4 is 27.8 Å². The Morgan fingerprint density at radius 3 is 2.45 bits per heavy atom. The van der Waals surface area contributed by atoms with Gasteiger partial charge in [0.25, 0.3) is 0 Å².